The van der Waals surface area contributed by atoms with E-state index in [1.54, 1.807) is 20.2 Å². The van der Waals surface area contributed by atoms with E-state index >= 15 is 0 Å². The molecule has 1 heterocycles. The van der Waals surface area contributed by atoms with Crippen LogP contribution in [0.25, 0.3) is 11.0 Å². The van der Waals surface area contributed by atoms with Crippen LogP contribution in [0.4, 0.5) is 18.9 Å². The molecule has 0 radical (unpaired) electrons. The van der Waals surface area contributed by atoms with Gasteiger partial charge >= 0.3 is 11.9 Å². The summed E-state index contributed by atoms with van der Waals surface area (Å²) in [6, 6.07) is 6.76. The van der Waals surface area contributed by atoms with Gasteiger partial charge in [-0.05, 0) is 52.7 Å². The molecule has 1 aromatic heterocycles. The van der Waals surface area contributed by atoms with Crippen LogP contribution in [0, 0.1) is 6.92 Å². The van der Waals surface area contributed by atoms with Gasteiger partial charge in [0.25, 0.3) is 5.91 Å². The Kier molecular flexibility index (Phi) is 4.67. The molecule has 27 heavy (non-hydrogen) atoms. The lowest BCUT2D eigenvalue weighted by atomic mass is 10.1. The number of aryl methyl sites for hydroxylation is 3. The van der Waals surface area contributed by atoms with Crippen molar-refractivity contribution in [2.75, 3.05) is 5.32 Å². The van der Waals surface area contributed by atoms with E-state index in [2.05, 4.69) is 21.2 Å². The maximum absolute atomic E-state index is 13.1. The van der Waals surface area contributed by atoms with Gasteiger partial charge in [0.1, 0.15) is 0 Å². The molecular weight excluding hydrogens is 427 g/mol. The number of hydrogen-bond donors (Lipinski definition) is 1. The smallest absolute Gasteiger partial charge is 0.322 e. The average Bonchev–Trinajstić information content (AvgIpc) is 2.79. The van der Waals surface area contributed by atoms with Gasteiger partial charge in [0.2, 0.25) is 0 Å². The molecule has 0 unspecified atom stereocenters. The van der Waals surface area contributed by atoms with Crippen molar-refractivity contribution in [2.45, 2.75) is 13.1 Å². The first-order chi connectivity index (χ1) is 12.5. The lowest BCUT2D eigenvalue weighted by Crippen LogP contribution is -2.19. The molecule has 0 fully saturated rings. The van der Waals surface area contributed by atoms with Crippen molar-refractivity contribution in [1.29, 1.82) is 0 Å². The predicted molar refractivity (Wildman–Crippen MR) is 100.0 cm³/mol. The van der Waals surface area contributed by atoms with Gasteiger partial charge in [0.05, 0.1) is 22.2 Å². The van der Waals surface area contributed by atoms with Gasteiger partial charge in [-0.3, -0.25) is 13.9 Å². The standard InChI is InChI=1S/C18H15BrF3N3O2/c1-9-4-5-10(6-12(9)18(20,21)22)23-16(26)11-7-14-15(8-13(11)19)25(3)17(27)24(14)2/h4-8H,1-3H3,(H,23,26). The normalized spacial score (nSPS) is 11.8. The van der Waals surface area contributed by atoms with Gasteiger partial charge < -0.3 is 5.32 Å². The molecule has 3 rings (SSSR count). The fourth-order valence-electron chi connectivity index (χ4n) is 2.90. The van der Waals surface area contributed by atoms with Crippen LogP contribution in [0.1, 0.15) is 21.5 Å². The Bertz CT molecular complexity index is 1130. The molecular formula is C18H15BrF3N3O2. The number of hydrogen-bond acceptors (Lipinski definition) is 2. The number of imidazole rings is 1. The number of amides is 1. The first kappa shape index (κ1) is 19.2. The molecule has 0 aliphatic rings. The summed E-state index contributed by atoms with van der Waals surface area (Å²) in [5.41, 5.74) is 0.423. The minimum Gasteiger partial charge on any atom is -0.322 e. The number of rotatable bonds is 2. The number of carbonyl (C=O) groups excluding carboxylic acids is 1. The minimum absolute atomic E-state index is 0.0341. The highest BCUT2D eigenvalue weighted by molar-refractivity contribution is 9.10. The highest BCUT2D eigenvalue weighted by atomic mass is 79.9. The second-order valence-corrected chi connectivity index (χ2v) is 7.06. The summed E-state index contributed by atoms with van der Waals surface area (Å²) in [6.45, 7) is 1.36. The van der Waals surface area contributed by atoms with Crippen molar-refractivity contribution in [2.24, 2.45) is 14.1 Å². The van der Waals surface area contributed by atoms with Gasteiger partial charge in [-0.15, -0.1) is 0 Å². The molecule has 1 N–H and O–H groups in total. The predicted octanol–water partition coefficient (Wildman–Crippen LogP) is 4.22. The Hall–Kier alpha value is -2.55. The molecule has 0 atom stereocenters. The van der Waals surface area contributed by atoms with Crippen LogP contribution in [0.5, 0.6) is 0 Å². The van der Waals surface area contributed by atoms with E-state index in [9.17, 15) is 22.8 Å². The molecule has 0 saturated heterocycles. The van der Waals surface area contributed by atoms with Crippen LogP contribution >= 0.6 is 15.9 Å². The van der Waals surface area contributed by atoms with Crippen LogP contribution in [0.3, 0.4) is 0 Å². The highest BCUT2D eigenvalue weighted by Crippen LogP contribution is 2.33. The highest BCUT2D eigenvalue weighted by Gasteiger charge is 2.32. The number of fused-ring (bicyclic) bond motifs is 1. The molecule has 142 valence electrons. The van der Waals surface area contributed by atoms with Crippen molar-refractivity contribution in [3.05, 3.63) is 62.0 Å². The number of nitrogens with one attached hydrogen (secondary N) is 1. The number of nitrogens with zero attached hydrogens (tertiary/aromatic N) is 2. The zero-order valence-corrected chi connectivity index (χ0v) is 16.2. The van der Waals surface area contributed by atoms with E-state index in [-0.39, 0.29) is 22.5 Å². The first-order valence-corrected chi connectivity index (χ1v) is 8.64. The Morgan fingerprint density at radius 1 is 1.07 bits per heavy atom. The number of anilines is 1. The van der Waals surface area contributed by atoms with Gasteiger partial charge in [-0.2, -0.15) is 13.2 Å². The Morgan fingerprint density at radius 3 is 2.26 bits per heavy atom. The summed E-state index contributed by atoms with van der Waals surface area (Å²) >= 11 is 3.29. The first-order valence-electron chi connectivity index (χ1n) is 7.85. The molecule has 2 aromatic carbocycles. The zero-order valence-electron chi connectivity index (χ0n) is 14.6. The Balaban J connectivity index is 2.01. The summed E-state index contributed by atoms with van der Waals surface area (Å²) in [4.78, 5) is 24.6. The monoisotopic (exact) mass is 441 g/mol. The van der Waals surface area contributed by atoms with E-state index in [0.29, 0.717) is 15.5 Å². The molecule has 5 nitrogen and oxygen atoms in total. The maximum atomic E-state index is 13.1. The number of halogens is 4. The molecule has 0 bridgehead atoms. The van der Waals surface area contributed by atoms with Gasteiger partial charge in [-0.1, -0.05) is 6.07 Å². The lowest BCUT2D eigenvalue weighted by Gasteiger charge is -2.13. The summed E-state index contributed by atoms with van der Waals surface area (Å²) in [7, 11) is 3.19. The van der Waals surface area contributed by atoms with Crippen molar-refractivity contribution in [3.63, 3.8) is 0 Å². The van der Waals surface area contributed by atoms with Crippen molar-refractivity contribution < 1.29 is 18.0 Å². The van der Waals surface area contributed by atoms with Gasteiger partial charge in [0, 0.05) is 24.3 Å². The zero-order chi connectivity index (χ0) is 20.1. The summed E-state index contributed by atoms with van der Waals surface area (Å²) in [5.74, 6) is -0.586. The largest absolute Gasteiger partial charge is 0.416 e. The molecule has 9 heteroatoms. The summed E-state index contributed by atoms with van der Waals surface area (Å²) < 4.78 is 42.4. The van der Waals surface area contributed by atoms with E-state index in [1.807, 2.05) is 0 Å². The van der Waals surface area contributed by atoms with E-state index in [1.165, 1.54) is 34.3 Å². The third kappa shape index (κ3) is 3.39. The number of benzene rings is 2. The molecule has 0 aliphatic carbocycles. The Morgan fingerprint density at radius 2 is 1.67 bits per heavy atom. The molecule has 0 saturated carbocycles. The van der Waals surface area contributed by atoms with Gasteiger partial charge in [-0.25, -0.2) is 4.79 Å². The van der Waals surface area contributed by atoms with Crippen LogP contribution < -0.4 is 11.0 Å². The van der Waals surface area contributed by atoms with E-state index in [0.717, 1.165) is 6.07 Å². The summed E-state index contributed by atoms with van der Waals surface area (Å²) in [5, 5.41) is 2.48. The van der Waals surface area contributed by atoms with E-state index in [4.69, 9.17) is 0 Å². The fraction of sp³-hybridized carbons (Fsp3) is 0.222. The van der Waals surface area contributed by atoms with Crippen LogP contribution in [0.2, 0.25) is 0 Å². The number of aromatic nitrogens is 2. The second kappa shape index (κ2) is 6.56. The third-order valence-electron chi connectivity index (χ3n) is 4.41. The fourth-order valence-corrected chi connectivity index (χ4v) is 3.41. The molecule has 1 amide bonds. The average molecular weight is 442 g/mol. The topological polar surface area (TPSA) is 56.0 Å². The molecule has 3 aromatic rings. The van der Waals surface area contributed by atoms with Gasteiger partial charge in [0.15, 0.2) is 0 Å². The van der Waals surface area contributed by atoms with Crippen molar-refractivity contribution in [1.82, 2.24) is 9.13 Å². The van der Waals surface area contributed by atoms with Crippen molar-refractivity contribution >= 4 is 38.6 Å². The third-order valence-corrected chi connectivity index (χ3v) is 5.06. The number of carbonyl (C=O) groups is 1. The van der Waals surface area contributed by atoms with Crippen LogP contribution in [-0.2, 0) is 20.3 Å². The summed E-state index contributed by atoms with van der Waals surface area (Å²) in [6.07, 6.45) is -4.51. The quantitative estimate of drug-likeness (QED) is 0.647. The lowest BCUT2D eigenvalue weighted by molar-refractivity contribution is -0.138. The molecule has 0 spiro atoms. The SMILES string of the molecule is Cc1ccc(NC(=O)c2cc3c(cc2Br)n(C)c(=O)n3C)cc1C(F)(F)F. The second-order valence-electron chi connectivity index (χ2n) is 6.20. The minimum atomic E-state index is -4.51. The Labute approximate surface area is 160 Å². The van der Waals surface area contributed by atoms with Crippen molar-refractivity contribution in [3.8, 4) is 0 Å². The van der Waals surface area contributed by atoms with Crippen LogP contribution in [-0.4, -0.2) is 15.0 Å². The number of alkyl halides is 3. The maximum Gasteiger partial charge on any atom is 0.416 e. The van der Waals surface area contributed by atoms with E-state index < -0.39 is 17.6 Å². The molecule has 0 aliphatic heterocycles. The van der Waals surface area contributed by atoms with Crippen LogP contribution in [0.15, 0.2) is 39.6 Å².